The van der Waals surface area contributed by atoms with Crippen molar-refractivity contribution in [3.63, 3.8) is 0 Å². The van der Waals surface area contributed by atoms with Gasteiger partial charge in [-0.05, 0) is 64.4 Å². The molecule has 0 aliphatic carbocycles. The van der Waals surface area contributed by atoms with Crippen molar-refractivity contribution in [2.75, 3.05) is 7.11 Å². The first-order valence-corrected chi connectivity index (χ1v) is 12.2. The Labute approximate surface area is 213 Å². The van der Waals surface area contributed by atoms with Crippen LogP contribution in [0.15, 0.2) is 72.8 Å². The molecule has 0 aromatic heterocycles. The van der Waals surface area contributed by atoms with Crippen molar-refractivity contribution in [1.29, 1.82) is 0 Å². The van der Waals surface area contributed by atoms with E-state index in [1.54, 1.807) is 19.2 Å². The summed E-state index contributed by atoms with van der Waals surface area (Å²) in [4.78, 5) is 11.3. The van der Waals surface area contributed by atoms with Crippen molar-refractivity contribution >= 4 is 5.97 Å². The molecule has 190 valence electrons. The molecular formula is C31H35FO4. The van der Waals surface area contributed by atoms with Gasteiger partial charge in [0.15, 0.2) is 0 Å². The number of methoxy groups -OCH3 is 1. The largest absolute Gasteiger partial charge is 0.497 e. The highest BCUT2D eigenvalue weighted by atomic mass is 19.1. The second-order valence-corrected chi connectivity index (χ2v) is 9.88. The molecule has 0 bridgehead atoms. The minimum atomic E-state index is -0.839. The van der Waals surface area contributed by atoms with E-state index in [1.165, 1.54) is 6.07 Å². The monoisotopic (exact) mass is 490 g/mol. The maximum absolute atomic E-state index is 14.8. The third-order valence-electron chi connectivity index (χ3n) is 6.05. The quantitative estimate of drug-likeness (QED) is 0.294. The van der Waals surface area contributed by atoms with Crippen LogP contribution in [0.25, 0.3) is 11.1 Å². The first-order valence-electron chi connectivity index (χ1n) is 12.2. The number of ether oxygens (including phenoxy) is 2. The van der Waals surface area contributed by atoms with E-state index in [0.717, 1.165) is 28.7 Å². The molecule has 0 saturated heterocycles. The summed E-state index contributed by atoms with van der Waals surface area (Å²) in [5.41, 5.74) is 3.98. The lowest BCUT2D eigenvalue weighted by atomic mass is 9.81. The van der Waals surface area contributed by atoms with Crippen LogP contribution in [0.2, 0.25) is 0 Å². The summed E-state index contributed by atoms with van der Waals surface area (Å²) in [7, 11) is 1.57. The summed E-state index contributed by atoms with van der Waals surface area (Å²) in [6.07, 6.45) is 4.80. The zero-order valence-electron chi connectivity index (χ0n) is 21.7. The molecule has 3 aromatic carbocycles. The molecule has 0 saturated carbocycles. The summed E-state index contributed by atoms with van der Waals surface area (Å²) in [5, 5.41) is 9.31. The third-order valence-corrected chi connectivity index (χ3v) is 6.05. The van der Waals surface area contributed by atoms with Gasteiger partial charge in [0.25, 0.3) is 0 Å². The molecule has 0 radical (unpaired) electrons. The highest BCUT2D eigenvalue weighted by Crippen LogP contribution is 2.37. The lowest BCUT2D eigenvalue weighted by Gasteiger charge is -2.24. The van der Waals surface area contributed by atoms with E-state index in [9.17, 15) is 14.3 Å². The van der Waals surface area contributed by atoms with Crippen LogP contribution in [-0.2, 0) is 16.8 Å². The van der Waals surface area contributed by atoms with Crippen LogP contribution in [0.5, 0.6) is 11.5 Å². The van der Waals surface area contributed by atoms with E-state index in [2.05, 4.69) is 26.8 Å². The molecule has 5 heteroatoms. The average Bonchev–Trinajstić information content (AvgIpc) is 2.85. The van der Waals surface area contributed by atoms with Gasteiger partial charge in [0.05, 0.1) is 13.5 Å². The average molecular weight is 491 g/mol. The Bertz CT molecular complexity index is 1220. The van der Waals surface area contributed by atoms with Gasteiger partial charge in [-0.3, -0.25) is 4.79 Å². The minimum absolute atomic E-state index is 0.0250. The molecule has 3 aromatic rings. The number of halogens is 1. The molecule has 0 heterocycles. The predicted molar refractivity (Wildman–Crippen MR) is 142 cm³/mol. The van der Waals surface area contributed by atoms with Crippen molar-refractivity contribution in [2.45, 2.75) is 58.5 Å². The number of carboxylic acids is 1. The maximum Gasteiger partial charge on any atom is 0.304 e. The van der Waals surface area contributed by atoms with Crippen LogP contribution in [-0.4, -0.2) is 18.2 Å². The Balaban J connectivity index is 1.87. The summed E-state index contributed by atoms with van der Waals surface area (Å²) < 4.78 is 26.2. The predicted octanol–water partition coefficient (Wildman–Crippen LogP) is 7.90. The molecule has 4 nitrogen and oxygen atoms in total. The van der Waals surface area contributed by atoms with Crippen LogP contribution in [0.3, 0.4) is 0 Å². The van der Waals surface area contributed by atoms with Crippen LogP contribution in [0.4, 0.5) is 4.39 Å². The normalized spacial score (nSPS) is 12.5. The SMILES string of the molecule is CC/C=C\[C@H](CC(=O)O)c1cccc(OCc2ccc(-c3cc(OC)ccc3F)c(C(C)(C)C)c2)c1. The fourth-order valence-corrected chi connectivity index (χ4v) is 4.16. The van der Waals surface area contributed by atoms with E-state index in [1.807, 2.05) is 55.5 Å². The van der Waals surface area contributed by atoms with E-state index in [-0.39, 0.29) is 23.6 Å². The van der Waals surface area contributed by atoms with Gasteiger partial charge >= 0.3 is 5.97 Å². The van der Waals surface area contributed by atoms with Crippen molar-refractivity contribution in [3.8, 4) is 22.6 Å². The molecule has 36 heavy (non-hydrogen) atoms. The van der Waals surface area contributed by atoms with Crippen molar-refractivity contribution in [2.24, 2.45) is 0 Å². The van der Waals surface area contributed by atoms with Crippen molar-refractivity contribution < 1.29 is 23.8 Å². The lowest BCUT2D eigenvalue weighted by molar-refractivity contribution is -0.137. The molecule has 0 spiro atoms. The van der Waals surface area contributed by atoms with Gasteiger partial charge in [-0.25, -0.2) is 4.39 Å². The number of allylic oxidation sites excluding steroid dienone is 2. The van der Waals surface area contributed by atoms with E-state index in [4.69, 9.17) is 9.47 Å². The molecule has 1 N–H and O–H groups in total. The maximum atomic E-state index is 14.8. The number of benzene rings is 3. The number of carboxylic acid groups (broad SMARTS) is 1. The Morgan fingerprint density at radius 2 is 1.81 bits per heavy atom. The van der Waals surface area contributed by atoms with Crippen molar-refractivity contribution in [1.82, 2.24) is 0 Å². The highest BCUT2D eigenvalue weighted by molar-refractivity contribution is 5.71. The zero-order valence-corrected chi connectivity index (χ0v) is 21.7. The van der Waals surface area contributed by atoms with Crippen LogP contribution < -0.4 is 9.47 Å². The smallest absolute Gasteiger partial charge is 0.304 e. The molecule has 0 unspecified atom stereocenters. The summed E-state index contributed by atoms with van der Waals surface area (Å²) in [5.74, 6) is -0.0680. The van der Waals surface area contributed by atoms with Gasteiger partial charge in [0.2, 0.25) is 0 Å². The first-order chi connectivity index (χ1) is 17.1. The van der Waals surface area contributed by atoms with Gasteiger partial charge in [-0.1, -0.05) is 70.2 Å². The van der Waals surface area contributed by atoms with Gasteiger partial charge in [0.1, 0.15) is 23.9 Å². The summed E-state index contributed by atoms with van der Waals surface area (Å²) >= 11 is 0. The Morgan fingerprint density at radius 1 is 1.03 bits per heavy atom. The number of hydrogen-bond acceptors (Lipinski definition) is 3. The lowest BCUT2D eigenvalue weighted by Crippen LogP contribution is -2.14. The summed E-state index contributed by atoms with van der Waals surface area (Å²) in [6.45, 7) is 8.66. The molecular weight excluding hydrogens is 455 g/mol. The Morgan fingerprint density at radius 3 is 2.47 bits per heavy atom. The van der Waals surface area contributed by atoms with Gasteiger partial charge < -0.3 is 14.6 Å². The minimum Gasteiger partial charge on any atom is -0.497 e. The molecule has 0 fully saturated rings. The second kappa shape index (κ2) is 11.9. The van der Waals surface area contributed by atoms with Crippen molar-refractivity contribution in [3.05, 3.63) is 95.3 Å². The third kappa shape index (κ3) is 6.97. The topological polar surface area (TPSA) is 55.8 Å². The van der Waals surface area contributed by atoms with Gasteiger partial charge in [-0.15, -0.1) is 0 Å². The Kier molecular flexibility index (Phi) is 8.92. The fraction of sp³-hybridized carbons (Fsp3) is 0.323. The molecule has 1 atom stereocenters. The number of rotatable bonds is 10. The molecule has 0 aliphatic rings. The number of carbonyl (C=O) groups is 1. The molecule has 0 aliphatic heterocycles. The second-order valence-electron chi connectivity index (χ2n) is 9.88. The molecule has 3 rings (SSSR count). The van der Waals surface area contributed by atoms with Crippen LogP contribution in [0, 0.1) is 5.82 Å². The first kappa shape index (κ1) is 27.0. The van der Waals surface area contributed by atoms with Crippen LogP contribution >= 0.6 is 0 Å². The zero-order chi connectivity index (χ0) is 26.3. The molecule has 0 amide bonds. The standard InChI is InChI=1S/C31H35FO4/c1-6-7-9-23(18-30(33)34)22-10-8-11-25(17-22)36-20-21-12-14-26(28(16-21)31(2,3)4)27-19-24(35-5)13-15-29(27)32/h7-17,19,23H,6,18,20H2,1-5H3,(H,33,34)/b9-7-/t23-/m1/s1. The van der Waals surface area contributed by atoms with E-state index < -0.39 is 5.97 Å². The van der Waals surface area contributed by atoms with Gasteiger partial charge in [-0.2, -0.15) is 0 Å². The Hall–Kier alpha value is -3.60. The van der Waals surface area contributed by atoms with Crippen LogP contribution in [0.1, 0.15) is 63.1 Å². The fourth-order valence-electron chi connectivity index (χ4n) is 4.16. The number of hydrogen-bond donors (Lipinski definition) is 1. The number of aliphatic carboxylic acids is 1. The summed E-state index contributed by atoms with van der Waals surface area (Å²) in [6, 6.07) is 18.3. The van der Waals surface area contributed by atoms with E-state index >= 15 is 0 Å². The van der Waals surface area contributed by atoms with Gasteiger partial charge in [0, 0.05) is 11.5 Å². The van der Waals surface area contributed by atoms with E-state index in [0.29, 0.717) is 23.7 Å². The highest BCUT2D eigenvalue weighted by Gasteiger charge is 2.22.